The Morgan fingerprint density at radius 3 is 2.21 bits per heavy atom. The van der Waals surface area contributed by atoms with Crippen LogP contribution < -0.4 is 5.73 Å². The van der Waals surface area contributed by atoms with Crippen LogP contribution in [0.4, 0.5) is 5.69 Å². The lowest BCUT2D eigenvalue weighted by Gasteiger charge is -2.33. The van der Waals surface area contributed by atoms with Crippen molar-refractivity contribution in [1.29, 1.82) is 0 Å². The van der Waals surface area contributed by atoms with Crippen molar-refractivity contribution < 1.29 is 4.79 Å². The van der Waals surface area contributed by atoms with E-state index in [1.807, 2.05) is 36.4 Å². The summed E-state index contributed by atoms with van der Waals surface area (Å²) in [7, 11) is 0. The molecule has 1 unspecified atom stereocenters. The van der Waals surface area contributed by atoms with Gasteiger partial charge in [-0.05, 0) is 60.2 Å². The monoisotopic (exact) mass is 486 g/mol. The first kappa shape index (κ1) is 25.8. The van der Waals surface area contributed by atoms with E-state index in [-0.39, 0.29) is 12.3 Å². The van der Waals surface area contributed by atoms with Crippen LogP contribution in [0.5, 0.6) is 0 Å². The third kappa shape index (κ3) is 6.00. The molecule has 0 spiro atoms. The van der Waals surface area contributed by atoms with Gasteiger partial charge in [0.05, 0.1) is 11.4 Å². The number of primary amides is 1. The van der Waals surface area contributed by atoms with Gasteiger partial charge in [-0.3, -0.25) is 9.79 Å². The Labute approximate surface area is 208 Å². The predicted octanol–water partition coefficient (Wildman–Crippen LogP) is 8.33. The summed E-state index contributed by atoms with van der Waals surface area (Å²) in [5.41, 5.74) is 10.4. The van der Waals surface area contributed by atoms with Crippen molar-refractivity contribution in [1.82, 2.24) is 0 Å². The van der Waals surface area contributed by atoms with Crippen LogP contribution in [0.2, 0.25) is 10.0 Å². The molecule has 0 aromatic heterocycles. The number of hydrogen-bond donors (Lipinski definition) is 1. The number of halogens is 2. The van der Waals surface area contributed by atoms with Gasteiger partial charge in [0.15, 0.2) is 0 Å². The Hall–Kier alpha value is -1.84. The van der Waals surface area contributed by atoms with Crippen LogP contribution in [0, 0.1) is 0 Å². The second kappa shape index (κ2) is 12.0. The number of benzene rings is 2. The number of amides is 1. The molecule has 5 heteroatoms. The molecule has 3 nitrogen and oxygen atoms in total. The van der Waals surface area contributed by atoms with Gasteiger partial charge in [-0.15, -0.1) is 0 Å². The quantitative estimate of drug-likeness (QED) is 0.284. The molecular formula is C28H36Cl2N2O. The zero-order valence-corrected chi connectivity index (χ0v) is 21.4. The maximum Gasteiger partial charge on any atom is 0.218 e. The maximum atomic E-state index is 12.5. The fourth-order valence-corrected chi connectivity index (χ4v) is 5.54. The number of aliphatic imine (C=N–C) groups is 1. The van der Waals surface area contributed by atoms with Crippen LogP contribution in [0.25, 0.3) is 0 Å². The summed E-state index contributed by atoms with van der Waals surface area (Å²) in [6.45, 7) is 4.42. The van der Waals surface area contributed by atoms with Crippen LogP contribution in [-0.4, -0.2) is 11.6 Å². The van der Waals surface area contributed by atoms with Gasteiger partial charge in [0.2, 0.25) is 5.91 Å². The molecule has 0 fully saturated rings. The Balaban J connectivity index is 2.13. The minimum atomic E-state index is -0.562. The molecule has 2 aromatic rings. The summed E-state index contributed by atoms with van der Waals surface area (Å²) in [6.07, 6.45) is 11.0. The van der Waals surface area contributed by atoms with Crippen LogP contribution in [0.3, 0.4) is 0 Å². The highest BCUT2D eigenvalue weighted by Gasteiger charge is 2.46. The van der Waals surface area contributed by atoms with Crippen LogP contribution in [0.15, 0.2) is 41.4 Å². The smallest absolute Gasteiger partial charge is 0.218 e. The van der Waals surface area contributed by atoms with Gasteiger partial charge >= 0.3 is 0 Å². The van der Waals surface area contributed by atoms with Gasteiger partial charge in [0.25, 0.3) is 0 Å². The van der Waals surface area contributed by atoms with E-state index in [4.69, 9.17) is 33.9 Å². The number of unbranched alkanes of at least 4 members (excludes halogenated alkanes) is 6. The minimum absolute atomic E-state index is 0.232. The van der Waals surface area contributed by atoms with Gasteiger partial charge in [0, 0.05) is 21.9 Å². The summed E-state index contributed by atoms with van der Waals surface area (Å²) >= 11 is 13.0. The summed E-state index contributed by atoms with van der Waals surface area (Å²) in [5, 5.41) is 1.44. The van der Waals surface area contributed by atoms with E-state index in [0.29, 0.717) is 5.02 Å². The van der Waals surface area contributed by atoms with Gasteiger partial charge in [-0.25, -0.2) is 0 Å². The molecule has 2 N–H and O–H groups in total. The molecule has 3 rings (SSSR count). The van der Waals surface area contributed by atoms with Crippen LogP contribution in [0.1, 0.15) is 94.7 Å². The number of carbonyl (C=O) groups excluding carboxylic acids is 1. The Morgan fingerprint density at radius 1 is 0.909 bits per heavy atom. The van der Waals surface area contributed by atoms with E-state index in [1.54, 1.807) is 0 Å². The largest absolute Gasteiger partial charge is 0.370 e. The molecule has 33 heavy (non-hydrogen) atoms. The van der Waals surface area contributed by atoms with Gasteiger partial charge in [0.1, 0.15) is 0 Å². The molecule has 1 atom stereocenters. The second-order valence-electron chi connectivity index (χ2n) is 9.23. The predicted molar refractivity (Wildman–Crippen MR) is 141 cm³/mol. The average Bonchev–Trinajstić information content (AvgIpc) is 3.10. The van der Waals surface area contributed by atoms with Gasteiger partial charge < -0.3 is 5.73 Å². The molecule has 1 aliphatic heterocycles. The van der Waals surface area contributed by atoms with E-state index < -0.39 is 5.41 Å². The van der Waals surface area contributed by atoms with Crippen molar-refractivity contribution in [2.45, 2.75) is 89.9 Å². The number of nitrogens with zero attached hydrogens (tertiary/aromatic N) is 1. The Kier molecular flexibility index (Phi) is 9.40. The molecule has 0 saturated heterocycles. The lowest BCUT2D eigenvalue weighted by molar-refractivity contribution is -0.118. The molecular weight excluding hydrogens is 451 g/mol. The Bertz CT molecular complexity index is 984. The number of fused-ring (bicyclic) bond motifs is 1. The highest BCUT2D eigenvalue weighted by atomic mass is 35.5. The SMILES string of the molecule is CCCCCCc1c(Cl)ccc2c1C(CCCCCC)(CC(N)=O)C(c1ccc(Cl)cc1)=N2. The lowest BCUT2D eigenvalue weighted by Crippen LogP contribution is -2.39. The van der Waals surface area contributed by atoms with E-state index in [0.717, 1.165) is 71.6 Å². The molecule has 178 valence electrons. The zero-order valence-electron chi connectivity index (χ0n) is 19.9. The van der Waals surface area contributed by atoms with E-state index in [2.05, 4.69) is 13.8 Å². The van der Waals surface area contributed by atoms with Crippen molar-refractivity contribution in [2.75, 3.05) is 0 Å². The fraction of sp³-hybridized carbons (Fsp3) is 0.500. The molecule has 0 radical (unpaired) electrons. The lowest BCUT2D eigenvalue weighted by atomic mass is 9.67. The minimum Gasteiger partial charge on any atom is -0.370 e. The highest BCUT2D eigenvalue weighted by molar-refractivity contribution is 6.32. The van der Waals surface area contributed by atoms with Gasteiger partial charge in [-0.2, -0.15) is 0 Å². The normalized spacial score (nSPS) is 17.2. The fourth-order valence-electron chi connectivity index (χ4n) is 5.16. The first-order chi connectivity index (χ1) is 15.9. The molecule has 1 aliphatic rings. The highest BCUT2D eigenvalue weighted by Crippen LogP contribution is 2.51. The molecule has 0 bridgehead atoms. The summed E-state index contributed by atoms with van der Waals surface area (Å²) in [4.78, 5) is 17.6. The van der Waals surface area contributed by atoms with E-state index in [9.17, 15) is 4.79 Å². The third-order valence-electron chi connectivity index (χ3n) is 6.73. The topological polar surface area (TPSA) is 55.5 Å². The third-order valence-corrected chi connectivity index (χ3v) is 7.34. The molecule has 0 saturated carbocycles. The number of rotatable bonds is 13. The molecule has 2 aromatic carbocycles. The van der Waals surface area contributed by atoms with Crippen molar-refractivity contribution in [3.63, 3.8) is 0 Å². The Morgan fingerprint density at radius 2 is 1.58 bits per heavy atom. The standard InChI is InChI=1S/C28H36Cl2N2O/c1-3-5-7-9-11-22-23(30)16-17-24-26(22)28(19-25(31)33,18-10-8-6-4-2)27(32-24)20-12-14-21(29)15-13-20/h12-17H,3-11,18-19H2,1-2H3,(H2,31,33). The first-order valence-electron chi connectivity index (χ1n) is 12.4. The van der Waals surface area contributed by atoms with E-state index >= 15 is 0 Å². The number of carbonyl (C=O) groups is 1. The summed E-state index contributed by atoms with van der Waals surface area (Å²) in [6, 6.07) is 11.7. The van der Waals surface area contributed by atoms with Crippen molar-refractivity contribution in [2.24, 2.45) is 10.7 Å². The zero-order chi connectivity index (χ0) is 23.8. The average molecular weight is 488 g/mol. The van der Waals surface area contributed by atoms with Crippen LogP contribution >= 0.6 is 23.2 Å². The van der Waals surface area contributed by atoms with E-state index in [1.165, 1.54) is 25.7 Å². The summed E-state index contributed by atoms with van der Waals surface area (Å²) < 4.78 is 0. The number of hydrogen-bond acceptors (Lipinski definition) is 2. The first-order valence-corrected chi connectivity index (χ1v) is 13.1. The van der Waals surface area contributed by atoms with Crippen LogP contribution in [-0.2, 0) is 16.6 Å². The molecule has 0 aliphatic carbocycles. The molecule has 1 amide bonds. The number of nitrogens with two attached hydrogens (primary N) is 1. The maximum absolute atomic E-state index is 12.5. The van der Waals surface area contributed by atoms with Gasteiger partial charge in [-0.1, -0.05) is 94.1 Å². The second-order valence-corrected chi connectivity index (χ2v) is 10.1. The van der Waals surface area contributed by atoms with Crippen molar-refractivity contribution >= 4 is 40.5 Å². The van der Waals surface area contributed by atoms with Crippen molar-refractivity contribution in [3.8, 4) is 0 Å². The van der Waals surface area contributed by atoms with Crippen molar-refractivity contribution in [3.05, 3.63) is 63.1 Å². The molecule has 1 heterocycles. The summed E-state index contributed by atoms with van der Waals surface area (Å²) in [5.74, 6) is -0.308.